The van der Waals surface area contributed by atoms with Crippen molar-refractivity contribution in [1.29, 1.82) is 0 Å². The average molecular weight is 196 g/mol. The average Bonchev–Trinajstić information content (AvgIpc) is 2.10. The molecule has 0 N–H and O–H groups in total. The van der Waals surface area contributed by atoms with Gasteiger partial charge in [-0.2, -0.15) is 0 Å². The molecule has 2 nitrogen and oxygen atoms in total. The summed E-state index contributed by atoms with van der Waals surface area (Å²) in [6, 6.07) is 0. The van der Waals surface area contributed by atoms with Crippen LogP contribution in [0.1, 0.15) is 33.6 Å². The van der Waals surface area contributed by atoms with Gasteiger partial charge in [0.15, 0.2) is 0 Å². The molecule has 0 aliphatic heterocycles. The molecule has 2 unspecified atom stereocenters. The van der Waals surface area contributed by atoms with E-state index < -0.39 is 0 Å². The number of esters is 1. The van der Waals surface area contributed by atoms with Gasteiger partial charge in [0, 0.05) is 6.08 Å². The molecule has 1 rings (SSSR count). The summed E-state index contributed by atoms with van der Waals surface area (Å²) in [5.41, 5.74) is 0. The van der Waals surface area contributed by atoms with Crippen molar-refractivity contribution in [3.63, 3.8) is 0 Å². The fraction of sp³-hybridized carbons (Fsp3) is 0.750. The SMILES string of the molecule is C=CC(=O)OC1C(C)CC(C)CC1C. The summed E-state index contributed by atoms with van der Waals surface area (Å²) in [6.07, 6.45) is 3.63. The number of hydrogen-bond donors (Lipinski definition) is 0. The van der Waals surface area contributed by atoms with Crippen LogP contribution in [0.2, 0.25) is 0 Å². The second-order valence-electron chi connectivity index (χ2n) is 4.64. The molecule has 1 aliphatic carbocycles. The summed E-state index contributed by atoms with van der Waals surface area (Å²) >= 11 is 0. The Kier molecular flexibility index (Phi) is 3.73. The first-order chi connectivity index (χ1) is 6.54. The molecule has 0 spiro atoms. The molecule has 0 aromatic carbocycles. The van der Waals surface area contributed by atoms with Crippen LogP contribution < -0.4 is 0 Å². The minimum Gasteiger partial charge on any atom is -0.459 e. The first-order valence-electron chi connectivity index (χ1n) is 5.37. The lowest BCUT2D eigenvalue weighted by molar-refractivity contribution is -0.151. The topological polar surface area (TPSA) is 26.3 Å². The van der Waals surface area contributed by atoms with Crippen LogP contribution in [-0.2, 0) is 9.53 Å². The van der Waals surface area contributed by atoms with E-state index >= 15 is 0 Å². The van der Waals surface area contributed by atoms with Gasteiger partial charge in [-0.05, 0) is 30.6 Å². The van der Waals surface area contributed by atoms with E-state index in [-0.39, 0.29) is 12.1 Å². The summed E-state index contributed by atoms with van der Waals surface area (Å²) in [4.78, 5) is 11.1. The fourth-order valence-corrected chi connectivity index (χ4v) is 2.61. The molecule has 1 saturated carbocycles. The van der Waals surface area contributed by atoms with E-state index in [9.17, 15) is 4.79 Å². The predicted octanol–water partition coefficient (Wildman–Crippen LogP) is 2.79. The third-order valence-electron chi connectivity index (χ3n) is 3.09. The minimum absolute atomic E-state index is 0.0803. The third-order valence-corrected chi connectivity index (χ3v) is 3.09. The summed E-state index contributed by atoms with van der Waals surface area (Å²) < 4.78 is 5.36. The zero-order valence-electron chi connectivity index (χ0n) is 9.32. The van der Waals surface area contributed by atoms with Crippen LogP contribution in [0.25, 0.3) is 0 Å². The highest BCUT2D eigenvalue weighted by Gasteiger charge is 2.33. The molecule has 14 heavy (non-hydrogen) atoms. The zero-order valence-corrected chi connectivity index (χ0v) is 9.32. The van der Waals surface area contributed by atoms with Crippen molar-refractivity contribution >= 4 is 5.97 Å². The Hall–Kier alpha value is -0.790. The molecule has 2 heteroatoms. The van der Waals surface area contributed by atoms with E-state index in [0.717, 1.165) is 18.8 Å². The van der Waals surface area contributed by atoms with Gasteiger partial charge in [0.1, 0.15) is 6.10 Å². The van der Waals surface area contributed by atoms with Crippen molar-refractivity contribution in [2.75, 3.05) is 0 Å². The first-order valence-corrected chi connectivity index (χ1v) is 5.37. The Morgan fingerprint density at radius 3 is 2.21 bits per heavy atom. The van der Waals surface area contributed by atoms with Gasteiger partial charge < -0.3 is 4.74 Å². The summed E-state index contributed by atoms with van der Waals surface area (Å²) in [7, 11) is 0. The van der Waals surface area contributed by atoms with Gasteiger partial charge in [0.05, 0.1) is 0 Å². The van der Waals surface area contributed by atoms with Gasteiger partial charge in [-0.3, -0.25) is 0 Å². The van der Waals surface area contributed by atoms with Crippen LogP contribution in [0.5, 0.6) is 0 Å². The Bertz CT molecular complexity index is 210. The first kappa shape index (κ1) is 11.3. The fourth-order valence-electron chi connectivity index (χ4n) is 2.61. The van der Waals surface area contributed by atoms with Crippen molar-refractivity contribution in [1.82, 2.24) is 0 Å². The second kappa shape index (κ2) is 4.63. The van der Waals surface area contributed by atoms with Crippen molar-refractivity contribution in [2.45, 2.75) is 39.7 Å². The van der Waals surface area contributed by atoms with Crippen molar-refractivity contribution in [2.24, 2.45) is 17.8 Å². The summed E-state index contributed by atoms with van der Waals surface area (Å²) in [5, 5.41) is 0. The maximum Gasteiger partial charge on any atom is 0.330 e. The van der Waals surface area contributed by atoms with E-state index in [1.54, 1.807) is 0 Å². The van der Waals surface area contributed by atoms with Crippen LogP contribution in [-0.4, -0.2) is 12.1 Å². The van der Waals surface area contributed by atoms with Crippen LogP contribution in [0.4, 0.5) is 0 Å². The lowest BCUT2D eigenvalue weighted by Crippen LogP contribution is -2.37. The summed E-state index contributed by atoms with van der Waals surface area (Å²) in [6.45, 7) is 10.00. The Balaban J connectivity index is 2.58. The lowest BCUT2D eigenvalue weighted by Gasteiger charge is -2.36. The van der Waals surface area contributed by atoms with Gasteiger partial charge in [-0.25, -0.2) is 4.79 Å². The standard InChI is InChI=1S/C12H20O2/c1-5-11(13)14-12-9(3)6-8(2)7-10(12)4/h5,8-10,12H,1,6-7H2,2-4H3. The van der Waals surface area contributed by atoms with Crippen LogP contribution in [0.3, 0.4) is 0 Å². The number of ether oxygens (including phenoxy) is 1. The monoisotopic (exact) mass is 196 g/mol. The largest absolute Gasteiger partial charge is 0.459 e. The van der Waals surface area contributed by atoms with E-state index in [2.05, 4.69) is 27.4 Å². The molecule has 80 valence electrons. The van der Waals surface area contributed by atoms with Gasteiger partial charge >= 0.3 is 5.97 Å². The number of hydrogen-bond acceptors (Lipinski definition) is 2. The molecule has 0 bridgehead atoms. The van der Waals surface area contributed by atoms with E-state index in [4.69, 9.17) is 4.74 Å². The van der Waals surface area contributed by atoms with Crippen molar-refractivity contribution in [3.8, 4) is 0 Å². The highest BCUT2D eigenvalue weighted by molar-refractivity contribution is 5.81. The quantitative estimate of drug-likeness (QED) is 0.501. The second-order valence-corrected chi connectivity index (χ2v) is 4.64. The molecule has 0 aromatic heterocycles. The maximum atomic E-state index is 11.1. The maximum absolute atomic E-state index is 11.1. The predicted molar refractivity (Wildman–Crippen MR) is 56.8 cm³/mol. The molecule has 1 aliphatic rings. The summed E-state index contributed by atoms with van der Waals surface area (Å²) in [5.74, 6) is 1.40. The van der Waals surface area contributed by atoms with E-state index in [0.29, 0.717) is 11.8 Å². The normalized spacial score (nSPS) is 37.6. The zero-order chi connectivity index (χ0) is 10.7. The number of carbonyl (C=O) groups excluding carboxylic acids is 1. The smallest absolute Gasteiger partial charge is 0.330 e. The molecular formula is C12H20O2. The lowest BCUT2D eigenvalue weighted by atomic mass is 9.75. The number of carbonyl (C=O) groups is 1. The Labute approximate surface area is 86.3 Å². The van der Waals surface area contributed by atoms with Crippen LogP contribution in [0, 0.1) is 17.8 Å². The van der Waals surface area contributed by atoms with Crippen LogP contribution >= 0.6 is 0 Å². The number of rotatable bonds is 2. The Morgan fingerprint density at radius 1 is 1.29 bits per heavy atom. The molecule has 2 atom stereocenters. The van der Waals surface area contributed by atoms with Gasteiger partial charge in [-0.15, -0.1) is 0 Å². The van der Waals surface area contributed by atoms with E-state index in [1.807, 2.05) is 0 Å². The van der Waals surface area contributed by atoms with Gasteiger partial charge in [0.25, 0.3) is 0 Å². The Morgan fingerprint density at radius 2 is 1.79 bits per heavy atom. The van der Waals surface area contributed by atoms with Crippen molar-refractivity contribution < 1.29 is 9.53 Å². The minimum atomic E-state index is -0.289. The molecule has 0 heterocycles. The highest BCUT2D eigenvalue weighted by atomic mass is 16.5. The van der Waals surface area contributed by atoms with Crippen LogP contribution in [0.15, 0.2) is 12.7 Å². The molecule has 1 fully saturated rings. The van der Waals surface area contributed by atoms with Gasteiger partial charge in [0.2, 0.25) is 0 Å². The highest BCUT2D eigenvalue weighted by Crippen LogP contribution is 2.34. The molecule has 0 amide bonds. The van der Waals surface area contributed by atoms with Crippen molar-refractivity contribution in [3.05, 3.63) is 12.7 Å². The van der Waals surface area contributed by atoms with E-state index in [1.165, 1.54) is 6.08 Å². The van der Waals surface area contributed by atoms with Gasteiger partial charge in [-0.1, -0.05) is 27.4 Å². The molecule has 0 saturated heterocycles. The molecule has 0 radical (unpaired) electrons. The molecular weight excluding hydrogens is 176 g/mol. The third kappa shape index (κ3) is 2.60. The molecule has 0 aromatic rings.